The molecule has 15 heavy (non-hydrogen) atoms. The van der Waals surface area contributed by atoms with Crippen LogP contribution >= 0.6 is 0 Å². The number of hydrogen-bond acceptors (Lipinski definition) is 2. The Morgan fingerprint density at radius 1 is 1.27 bits per heavy atom. The van der Waals surface area contributed by atoms with Crippen molar-refractivity contribution in [1.82, 2.24) is 0 Å². The number of nitrogens with zero attached hydrogens (tertiary/aromatic N) is 1. The molecule has 1 aromatic rings. The van der Waals surface area contributed by atoms with E-state index in [0.717, 1.165) is 12.1 Å². The summed E-state index contributed by atoms with van der Waals surface area (Å²) >= 11 is 0. The highest BCUT2D eigenvalue weighted by Gasteiger charge is 2.12. The van der Waals surface area contributed by atoms with Gasteiger partial charge in [0, 0.05) is 26.2 Å². The van der Waals surface area contributed by atoms with Gasteiger partial charge in [0.05, 0.1) is 5.69 Å². The lowest BCUT2D eigenvalue weighted by Gasteiger charge is -2.17. The van der Waals surface area contributed by atoms with Crippen molar-refractivity contribution < 1.29 is 8.78 Å². The van der Waals surface area contributed by atoms with Crippen molar-refractivity contribution in [2.75, 3.05) is 25.5 Å². The quantitative estimate of drug-likeness (QED) is 0.830. The molecule has 0 aliphatic rings. The highest BCUT2D eigenvalue weighted by Crippen LogP contribution is 2.26. The molecule has 1 rings (SSSR count). The molecule has 0 atom stereocenters. The lowest BCUT2D eigenvalue weighted by atomic mass is 10.1. The second kappa shape index (κ2) is 4.89. The number of halogens is 2. The first-order chi connectivity index (χ1) is 7.07. The van der Waals surface area contributed by atoms with Crippen molar-refractivity contribution in [3.8, 4) is 0 Å². The van der Waals surface area contributed by atoms with Gasteiger partial charge in [-0.25, -0.2) is 8.78 Å². The van der Waals surface area contributed by atoms with E-state index in [2.05, 4.69) is 0 Å². The zero-order chi connectivity index (χ0) is 11.4. The van der Waals surface area contributed by atoms with Crippen LogP contribution in [-0.2, 0) is 0 Å². The van der Waals surface area contributed by atoms with Crippen LogP contribution in [0.15, 0.2) is 18.2 Å². The molecule has 0 saturated heterocycles. The van der Waals surface area contributed by atoms with Gasteiger partial charge in [0.15, 0.2) is 0 Å². The zero-order valence-corrected chi connectivity index (χ0v) is 8.80. The van der Waals surface area contributed by atoms with Crippen molar-refractivity contribution >= 4 is 11.8 Å². The fraction of sp³-hybridized carbons (Fsp3) is 0.273. The molecule has 0 unspecified atom stereocenters. The van der Waals surface area contributed by atoms with Gasteiger partial charge >= 0.3 is 0 Å². The van der Waals surface area contributed by atoms with Crippen molar-refractivity contribution in [2.45, 2.75) is 0 Å². The topological polar surface area (TPSA) is 29.3 Å². The average Bonchev–Trinajstić information content (AvgIpc) is 2.18. The molecule has 82 valence electrons. The van der Waals surface area contributed by atoms with Gasteiger partial charge in [-0.2, -0.15) is 0 Å². The molecule has 2 N–H and O–H groups in total. The molecule has 0 spiro atoms. The van der Waals surface area contributed by atoms with E-state index in [-0.39, 0.29) is 11.3 Å². The molecule has 0 aliphatic carbocycles. The Morgan fingerprint density at radius 2 is 1.87 bits per heavy atom. The zero-order valence-electron chi connectivity index (χ0n) is 8.80. The van der Waals surface area contributed by atoms with Crippen molar-refractivity contribution in [3.63, 3.8) is 0 Å². The molecule has 0 bridgehead atoms. The highest BCUT2D eigenvalue weighted by molar-refractivity contribution is 5.68. The summed E-state index contributed by atoms with van der Waals surface area (Å²) in [6, 6.07) is 2.23. The third-order valence-corrected chi connectivity index (χ3v) is 1.98. The SMILES string of the molecule is CN(C)c1c(F)ccc(F)c1/C=C/CN. The van der Waals surface area contributed by atoms with Gasteiger partial charge in [0.1, 0.15) is 11.6 Å². The summed E-state index contributed by atoms with van der Waals surface area (Å²) in [6.07, 6.45) is 3.08. The Kier molecular flexibility index (Phi) is 3.80. The van der Waals surface area contributed by atoms with E-state index in [4.69, 9.17) is 5.73 Å². The predicted molar refractivity (Wildman–Crippen MR) is 58.8 cm³/mol. The molecule has 0 saturated carbocycles. The minimum Gasteiger partial charge on any atom is -0.375 e. The summed E-state index contributed by atoms with van der Waals surface area (Å²) < 4.78 is 26.9. The first kappa shape index (κ1) is 11.7. The Hall–Kier alpha value is -1.42. The second-order valence-corrected chi connectivity index (χ2v) is 3.32. The molecule has 2 nitrogen and oxygen atoms in total. The minimum atomic E-state index is -0.454. The Morgan fingerprint density at radius 3 is 2.40 bits per heavy atom. The number of anilines is 1. The Labute approximate surface area is 88.0 Å². The van der Waals surface area contributed by atoms with Crippen molar-refractivity contribution in [3.05, 3.63) is 35.4 Å². The second-order valence-electron chi connectivity index (χ2n) is 3.32. The van der Waals surface area contributed by atoms with Crippen molar-refractivity contribution in [1.29, 1.82) is 0 Å². The monoisotopic (exact) mass is 212 g/mol. The summed E-state index contributed by atoms with van der Waals surface area (Å²) in [6.45, 7) is 0.294. The first-order valence-corrected chi connectivity index (χ1v) is 4.60. The molecule has 0 heterocycles. The van der Waals surface area contributed by atoms with Crippen LogP contribution in [0, 0.1) is 11.6 Å². The van der Waals surface area contributed by atoms with Gasteiger partial charge in [-0.05, 0) is 12.1 Å². The lowest BCUT2D eigenvalue weighted by molar-refractivity contribution is 0.597. The first-order valence-electron chi connectivity index (χ1n) is 4.60. The van der Waals surface area contributed by atoms with Gasteiger partial charge in [-0.3, -0.25) is 0 Å². The van der Waals surface area contributed by atoms with E-state index in [1.165, 1.54) is 11.0 Å². The van der Waals surface area contributed by atoms with Crippen LogP contribution < -0.4 is 10.6 Å². The maximum Gasteiger partial charge on any atom is 0.147 e. The highest BCUT2D eigenvalue weighted by atomic mass is 19.1. The molecule has 1 aromatic carbocycles. The van der Waals surface area contributed by atoms with Crippen LogP contribution in [0.2, 0.25) is 0 Å². The Balaban J connectivity index is 3.31. The van der Waals surface area contributed by atoms with Crippen LogP contribution in [0.1, 0.15) is 5.56 Å². The fourth-order valence-electron chi connectivity index (χ4n) is 1.36. The van der Waals surface area contributed by atoms with Crippen LogP contribution in [0.5, 0.6) is 0 Å². The molecular weight excluding hydrogens is 198 g/mol. The average molecular weight is 212 g/mol. The van der Waals surface area contributed by atoms with Gasteiger partial charge in [-0.1, -0.05) is 12.2 Å². The van der Waals surface area contributed by atoms with Gasteiger partial charge in [0.2, 0.25) is 0 Å². The maximum atomic E-state index is 13.4. The van der Waals surface area contributed by atoms with Gasteiger partial charge in [-0.15, -0.1) is 0 Å². The molecule has 0 aliphatic heterocycles. The number of benzene rings is 1. The summed E-state index contributed by atoms with van der Waals surface area (Å²) in [5.74, 6) is -0.900. The van der Waals surface area contributed by atoms with Crippen LogP contribution in [-0.4, -0.2) is 20.6 Å². The number of rotatable bonds is 3. The summed E-state index contributed by atoms with van der Waals surface area (Å²) in [4.78, 5) is 1.54. The molecule has 0 radical (unpaired) electrons. The summed E-state index contributed by atoms with van der Waals surface area (Å²) in [5, 5.41) is 0. The van der Waals surface area contributed by atoms with E-state index in [1.807, 2.05) is 0 Å². The van der Waals surface area contributed by atoms with Crippen LogP contribution in [0.4, 0.5) is 14.5 Å². The molecule has 0 aromatic heterocycles. The molecule has 0 amide bonds. The summed E-state index contributed by atoms with van der Waals surface area (Å²) in [5.41, 5.74) is 5.74. The predicted octanol–water partition coefficient (Wildman–Crippen LogP) is 2.00. The minimum absolute atomic E-state index is 0.227. The van der Waals surface area contributed by atoms with Crippen LogP contribution in [0.3, 0.4) is 0 Å². The normalized spacial score (nSPS) is 11.0. The van der Waals surface area contributed by atoms with E-state index < -0.39 is 11.6 Å². The van der Waals surface area contributed by atoms with Gasteiger partial charge < -0.3 is 10.6 Å². The number of nitrogens with two attached hydrogens (primary N) is 1. The largest absolute Gasteiger partial charge is 0.375 e. The summed E-state index contributed by atoms with van der Waals surface area (Å²) in [7, 11) is 3.33. The maximum absolute atomic E-state index is 13.4. The third-order valence-electron chi connectivity index (χ3n) is 1.98. The standard InChI is InChI=1S/C11H14F2N2/c1-15(2)11-8(4-3-7-14)9(12)5-6-10(11)13/h3-6H,7,14H2,1-2H3/b4-3+. The molecule has 0 fully saturated rings. The third kappa shape index (κ3) is 2.53. The van der Waals surface area contributed by atoms with Crippen LogP contribution in [0.25, 0.3) is 6.08 Å². The molecular formula is C11H14F2N2. The van der Waals surface area contributed by atoms with E-state index in [9.17, 15) is 8.78 Å². The number of hydrogen-bond donors (Lipinski definition) is 1. The van der Waals surface area contributed by atoms with E-state index in [1.54, 1.807) is 20.2 Å². The lowest BCUT2D eigenvalue weighted by Crippen LogP contribution is -2.13. The Bertz CT molecular complexity index is 373. The van der Waals surface area contributed by atoms with E-state index >= 15 is 0 Å². The smallest absolute Gasteiger partial charge is 0.147 e. The van der Waals surface area contributed by atoms with Gasteiger partial charge in [0.25, 0.3) is 0 Å². The van der Waals surface area contributed by atoms with Crippen molar-refractivity contribution in [2.24, 2.45) is 5.73 Å². The van der Waals surface area contributed by atoms with E-state index in [0.29, 0.717) is 6.54 Å². The fourth-order valence-corrected chi connectivity index (χ4v) is 1.36. The molecule has 4 heteroatoms.